The minimum atomic E-state index is -0.498. The zero-order chi connectivity index (χ0) is 17.9. The van der Waals surface area contributed by atoms with Crippen molar-refractivity contribution in [3.63, 3.8) is 0 Å². The monoisotopic (exact) mass is 336 g/mol. The fraction of sp³-hybridized carbons (Fsp3) is 0.263. The van der Waals surface area contributed by atoms with Crippen molar-refractivity contribution in [2.45, 2.75) is 32.9 Å². The van der Waals surface area contributed by atoms with Crippen molar-refractivity contribution < 1.29 is 9.53 Å². The molecule has 1 N–H and O–H groups in total. The Morgan fingerprint density at radius 1 is 1.04 bits per heavy atom. The summed E-state index contributed by atoms with van der Waals surface area (Å²) in [6.45, 7) is 6.14. The summed E-state index contributed by atoms with van der Waals surface area (Å²) in [5, 5.41) is 3.24. The van der Waals surface area contributed by atoms with Gasteiger partial charge in [0.2, 0.25) is 0 Å². The van der Waals surface area contributed by atoms with Crippen molar-refractivity contribution in [1.82, 2.24) is 15.0 Å². The maximum atomic E-state index is 12.0. The van der Waals surface area contributed by atoms with E-state index in [1.807, 2.05) is 45.0 Å². The number of nitrogens with one attached hydrogen (secondary N) is 1. The van der Waals surface area contributed by atoms with Gasteiger partial charge in [-0.25, -0.2) is 14.8 Å². The Labute approximate surface area is 146 Å². The predicted octanol–water partition coefficient (Wildman–Crippen LogP) is 3.59. The number of rotatable bonds is 4. The first kappa shape index (κ1) is 16.8. The van der Waals surface area contributed by atoms with Crippen LogP contribution in [0.1, 0.15) is 36.7 Å². The van der Waals surface area contributed by atoms with E-state index in [1.54, 1.807) is 24.5 Å². The number of hydrogen-bond acceptors (Lipinski definition) is 6. The lowest BCUT2D eigenvalue weighted by molar-refractivity contribution is 0.00695. The second-order valence-corrected chi connectivity index (χ2v) is 6.65. The van der Waals surface area contributed by atoms with Crippen molar-refractivity contribution in [3.05, 3.63) is 59.9 Å². The van der Waals surface area contributed by atoms with Crippen LogP contribution < -0.4 is 5.32 Å². The van der Waals surface area contributed by atoms with E-state index in [1.165, 1.54) is 0 Å². The molecule has 0 aliphatic rings. The van der Waals surface area contributed by atoms with E-state index in [0.717, 1.165) is 16.9 Å². The maximum absolute atomic E-state index is 12.0. The van der Waals surface area contributed by atoms with Gasteiger partial charge in [0.1, 0.15) is 16.9 Å². The summed E-state index contributed by atoms with van der Waals surface area (Å²) in [7, 11) is 0. The Morgan fingerprint density at radius 2 is 1.76 bits per heavy atom. The highest BCUT2D eigenvalue weighted by atomic mass is 16.6. The number of carbonyl (C=O) groups is 1. The molecule has 0 amide bonds. The molecule has 0 unspecified atom stereocenters. The van der Waals surface area contributed by atoms with Gasteiger partial charge in [0.25, 0.3) is 0 Å². The third kappa shape index (κ3) is 4.50. The number of anilines is 1. The van der Waals surface area contributed by atoms with E-state index in [4.69, 9.17) is 4.74 Å². The molecule has 0 aliphatic heterocycles. The summed E-state index contributed by atoms with van der Waals surface area (Å²) in [5.74, 6) is 0.408. The molecule has 1 aromatic carbocycles. The summed E-state index contributed by atoms with van der Waals surface area (Å²) >= 11 is 0. The topological polar surface area (TPSA) is 77.0 Å². The summed E-state index contributed by atoms with van der Waals surface area (Å²) in [5.41, 5.74) is 2.44. The highest BCUT2D eigenvalue weighted by molar-refractivity contribution is 5.89. The first-order valence-electron chi connectivity index (χ1n) is 8.05. The van der Waals surface area contributed by atoms with Crippen LogP contribution in [0.4, 0.5) is 5.82 Å². The van der Waals surface area contributed by atoms with Gasteiger partial charge in [0.05, 0.1) is 5.56 Å². The molecule has 25 heavy (non-hydrogen) atoms. The second-order valence-electron chi connectivity index (χ2n) is 6.65. The molecule has 0 bridgehead atoms. The summed E-state index contributed by atoms with van der Waals surface area (Å²) in [6, 6.07) is 11.1. The first-order chi connectivity index (χ1) is 11.9. The van der Waals surface area contributed by atoms with Crippen molar-refractivity contribution in [3.8, 4) is 0 Å². The van der Waals surface area contributed by atoms with Crippen LogP contribution in [0, 0.1) is 0 Å². The molecule has 0 spiro atoms. The fourth-order valence-electron chi connectivity index (χ4n) is 2.24. The standard InChI is InChI=1S/C19H20N4O2/c1-19(2,3)25-18(24)14-6-4-13(5-7-14)12-22-16-9-8-15-17(23-16)21-11-10-20-15/h4-11H,12H2,1-3H3,(H,21,22,23). The molecule has 3 rings (SSSR count). The zero-order valence-electron chi connectivity index (χ0n) is 14.5. The summed E-state index contributed by atoms with van der Waals surface area (Å²) in [4.78, 5) is 24.8. The molecular formula is C19H20N4O2. The van der Waals surface area contributed by atoms with Crippen LogP contribution in [-0.4, -0.2) is 26.5 Å². The number of ether oxygens (including phenoxy) is 1. The molecule has 3 aromatic rings. The summed E-state index contributed by atoms with van der Waals surface area (Å²) in [6.07, 6.45) is 3.26. The molecule has 0 radical (unpaired) electrons. The number of aromatic nitrogens is 3. The van der Waals surface area contributed by atoms with E-state index in [0.29, 0.717) is 17.8 Å². The van der Waals surface area contributed by atoms with E-state index in [2.05, 4.69) is 20.3 Å². The average molecular weight is 336 g/mol. The SMILES string of the molecule is CC(C)(C)OC(=O)c1ccc(CNc2ccc3nccnc3n2)cc1. The highest BCUT2D eigenvalue weighted by Gasteiger charge is 2.17. The number of fused-ring (bicyclic) bond motifs is 1. The maximum Gasteiger partial charge on any atom is 0.338 e. The fourth-order valence-corrected chi connectivity index (χ4v) is 2.24. The van der Waals surface area contributed by atoms with E-state index in [9.17, 15) is 4.79 Å². The Balaban J connectivity index is 1.64. The molecule has 128 valence electrons. The molecular weight excluding hydrogens is 316 g/mol. The average Bonchev–Trinajstić information content (AvgIpc) is 2.59. The molecule has 0 saturated heterocycles. The van der Waals surface area contributed by atoms with E-state index in [-0.39, 0.29) is 5.97 Å². The number of pyridine rings is 1. The number of nitrogens with zero attached hydrogens (tertiary/aromatic N) is 3. The van der Waals surface area contributed by atoms with Crippen LogP contribution in [0.5, 0.6) is 0 Å². The van der Waals surface area contributed by atoms with E-state index >= 15 is 0 Å². The van der Waals surface area contributed by atoms with Gasteiger partial charge >= 0.3 is 5.97 Å². The lowest BCUT2D eigenvalue weighted by Gasteiger charge is -2.19. The molecule has 2 aromatic heterocycles. The van der Waals surface area contributed by atoms with Crippen LogP contribution in [0.25, 0.3) is 11.2 Å². The van der Waals surface area contributed by atoms with Gasteiger partial charge in [-0.05, 0) is 50.6 Å². The Kier molecular flexibility index (Phi) is 4.61. The van der Waals surface area contributed by atoms with Gasteiger partial charge in [0, 0.05) is 18.9 Å². The second kappa shape index (κ2) is 6.84. The van der Waals surface area contributed by atoms with Gasteiger partial charge in [-0.15, -0.1) is 0 Å². The van der Waals surface area contributed by atoms with Gasteiger partial charge in [-0.3, -0.25) is 4.98 Å². The van der Waals surface area contributed by atoms with Crippen LogP contribution in [0.3, 0.4) is 0 Å². The van der Waals surface area contributed by atoms with Crippen LogP contribution in [0.2, 0.25) is 0 Å². The van der Waals surface area contributed by atoms with Gasteiger partial charge in [-0.1, -0.05) is 12.1 Å². The largest absolute Gasteiger partial charge is 0.456 e. The number of benzene rings is 1. The van der Waals surface area contributed by atoms with Crippen LogP contribution >= 0.6 is 0 Å². The van der Waals surface area contributed by atoms with Gasteiger partial charge in [-0.2, -0.15) is 0 Å². The van der Waals surface area contributed by atoms with E-state index < -0.39 is 5.60 Å². The Bertz CT molecular complexity index is 886. The predicted molar refractivity (Wildman–Crippen MR) is 96.3 cm³/mol. The minimum Gasteiger partial charge on any atom is -0.456 e. The lowest BCUT2D eigenvalue weighted by Crippen LogP contribution is -2.23. The van der Waals surface area contributed by atoms with Gasteiger partial charge < -0.3 is 10.1 Å². The molecule has 6 nitrogen and oxygen atoms in total. The zero-order valence-corrected chi connectivity index (χ0v) is 14.5. The van der Waals surface area contributed by atoms with Crippen molar-refractivity contribution >= 4 is 23.0 Å². The molecule has 2 heterocycles. The third-order valence-electron chi connectivity index (χ3n) is 3.39. The molecule has 0 aliphatic carbocycles. The lowest BCUT2D eigenvalue weighted by atomic mass is 10.1. The summed E-state index contributed by atoms with van der Waals surface area (Å²) < 4.78 is 5.36. The number of carbonyl (C=O) groups excluding carboxylic acids is 1. The highest BCUT2D eigenvalue weighted by Crippen LogP contribution is 2.14. The smallest absolute Gasteiger partial charge is 0.338 e. The van der Waals surface area contributed by atoms with Crippen molar-refractivity contribution in [2.75, 3.05) is 5.32 Å². The third-order valence-corrected chi connectivity index (χ3v) is 3.39. The molecule has 6 heteroatoms. The molecule has 0 fully saturated rings. The van der Waals surface area contributed by atoms with Crippen LogP contribution in [0.15, 0.2) is 48.8 Å². The Hall–Kier alpha value is -3.02. The molecule has 0 saturated carbocycles. The Morgan fingerprint density at radius 3 is 2.48 bits per heavy atom. The van der Waals surface area contributed by atoms with Crippen molar-refractivity contribution in [2.24, 2.45) is 0 Å². The minimum absolute atomic E-state index is 0.318. The normalized spacial score (nSPS) is 11.3. The van der Waals surface area contributed by atoms with Crippen molar-refractivity contribution in [1.29, 1.82) is 0 Å². The quantitative estimate of drug-likeness (QED) is 0.734. The van der Waals surface area contributed by atoms with Crippen LogP contribution in [-0.2, 0) is 11.3 Å². The molecule has 0 atom stereocenters. The number of esters is 1. The number of hydrogen-bond donors (Lipinski definition) is 1. The van der Waals surface area contributed by atoms with Gasteiger partial charge in [0.15, 0.2) is 5.65 Å². The first-order valence-corrected chi connectivity index (χ1v) is 8.05.